The van der Waals surface area contributed by atoms with Gasteiger partial charge in [0.2, 0.25) is 0 Å². The Kier molecular flexibility index (Phi) is 5.32. The molecule has 106 valence electrons. The van der Waals surface area contributed by atoms with Gasteiger partial charge in [-0.3, -0.25) is 0 Å². The van der Waals surface area contributed by atoms with Crippen molar-refractivity contribution in [1.29, 1.82) is 0 Å². The number of benzene rings is 1. The molecule has 1 aliphatic rings. The van der Waals surface area contributed by atoms with Crippen LogP contribution in [0, 0.1) is 17.6 Å². The largest absolute Gasteiger partial charge is 0.310 e. The maximum absolute atomic E-state index is 14.0. The van der Waals surface area contributed by atoms with Crippen LogP contribution in [0.1, 0.15) is 57.1 Å². The molecule has 1 fully saturated rings. The smallest absolute Gasteiger partial charge is 0.163 e. The molecule has 0 spiro atoms. The van der Waals surface area contributed by atoms with Crippen LogP contribution in [-0.2, 0) is 0 Å². The first-order chi connectivity index (χ1) is 9.24. The molecule has 1 nitrogen and oxygen atoms in total. The molecule has 0 radical (unpaired) electrons. The van der Waals surface area contributed by atoms with Gasteiger partial charge in [0.05, 0.1) is 0 Å². The van der Waals surface area contributed by atoms with E-state index in [0.717, 1.165) is 25.8 Å². The van der Waals surface area contributed by atoms with E-state index >= 15 is 0 Å². The van der Waals surface area contributed by atoms with Crippen LogP contribution in [0.15, 0.2) is 18.2 Å². The second-order valence-electron chi connectivity index (χ2n) is 5.47. The van der Waals surface area contributed by atoms with E-state index in [-0.39, 0.29) is 6.04 Å². The zero-order valence-electron chi connectivity index (χ0n) is 11.6. The lowest BCUT2D eigenvalue weighted by Gasteiger charge is -2.31. The summed E-state index contributed by atoms with van der Waals surface area (Å²) >= 11 is 0. The van der Waals surface area contributed by atoms with Crippen molar-refractivity contribution in [3.8, 4) is 0 Å². The number of hydrogen-bond donors (Lipinski definition) is 1. The van der Waals surface area contributed by atoms with Crippen molar-refractivity contribution in [1.82, 2.24) is 5.32 Å². The quantitative estimate of drug-likeness (QED) is 0.823. The molecule has 1 aromatic rings. The Morgan fingerprint density at radius 3 is 2.63 bits per heavy atom. The van der Waals surface area contributed by atoms with Crippen LogP contribution in [0.4, 0.5) is 8.78 Å². The first-order valence-electron chi connectivity index (χ1n) is 7.41. The standard InChI is InChI=1S/C16H23F2N/c1-2-11-19-16(12-7-4-3-5-8-12)13-9-6-10-14(17)15(13)18/h6,9-10,12,16,19H,2-5,7-8,11H2,1H3. The molecular weight excluding hydrogens is 244 g/mol. The summed E-state index contributed by atoms with van der Waals surface area (Å²) in [5, 5.41) is 3.42. The van der Waals surface area contributed by atoms with E-state index in [4.69, 9.17) is 0 Å². The highest BCUT2D eigenvalue weighted by Crippen LogP contribution is 2.35. The minimum atomic E-state index is -0.739. The molecule has 1 aliphatic carbocycles. The Labute approximate surface area is 114 Å². The third-order valence-corrected chi connectivity index (χ3v) is 4.05. The van der Waals surface area contributed by atoms with Gasteiger partial charge in [0.1, 0.15) is 0 Å². The van der Waals surface area contributed by atoms with E-state index in [2.05, 4.69) is 12.2 Å². The van der Waals surface area contributed by atoms with E-state index in [1.165, 1.54) is 25.3 Å². The van der Waals surface area contributed by atoms with Crippen LogP contribution in [0.2, 0.25) is 0 Å². The van der Waals surface area contributed by atoms with Crippen LogP contribution >= 0.6 is 0 Å². The van der Waals surface area contributed by atoms with Gasteiger partial charge < -0.3 is 5.32 Å². The highest BCUT2D eigenvalue weighted by atomic mass is 19.2. The molecule has 19 heavy (non-hydrogen) atoms. The van der Waals surface area contributed by atoms with Crippen molar-refractivity contribution in [2.45, 2.75) is 51.5 Å². The third-order valence-electron chi connectivity index (χ3n) is 4.05. The zero-order valence-corrected chi connectivity index (χ0v) is 11.6. The van der Waals surface area contributed by atoms with Crippen molar-refractivity contribution in [2.75, 3.05) is 6.54 Å². The highest BCUT2D eigenvalue weighted by molar-refractivity contribution is 5.23. The fourth-order valence-electron chi connectivity index (χ4n) is 3.06. The van der Waals surface area contributed by atoms with Crippen LogP contribution in [-0.4, -0.2) is 6.54 Å². The second kappa shape index (κ2) is 6.99. The Morgan fingerprint density at radius 1 is 1.21 bits per heavy atom. The van der Waals surface area contributed by atoms with Gasteiger partial charge >= 0.3 is 0 Å². The third kappa shape index (κ3) is 3.53. The average Bonchev–Trinajstić information content (AvgIpc) is 2.45. The SMILES string of the molecule is CCCNC(c1cccc(F)c1F)C1CCCCC1. The molecule has 0 bridgehead atoms. The Bertz CT molecular complexity index is 400. The number of halogens is 2. The van der Waals surface area contributed by atoms with Crippen molar-refractivity contribution >= 4 is 0 Å². The first-order valence-corrected chi connectivity index (χ1v) is 7.41. The van der Waals surface area contributed by atoms with Gasteiger partial charge in [-0.05, 0) is 37.8 Å². The van der Waals surface area contributed by atoms with Gasteiger partial charge in [0, 0.05) is 11.6 Å². The fourth-order valence-corrected chi connectivity index (χ4v) is 3.06. The Hall–Kier alpha value is -0.960. The maximum Gasteiger partial charge on any atom is 0.163 e. The maximum atomic E-state index is 14.0. The molecule has 0 amide bonds. The van der Waals surface area contributed by atoms with Crippen LogP contribution in [0.5, 0.6) is 0 Å². The van der Waals surface area contributed by atoms with E-state index in [1.807, 2.05) is 0 Å². The number of hydrogen-bond acceptors (Lipinski definition) is 1. The normalized spacial score (nSPS) is 18.5. The van der Waals surface area contributed by atoms with E-state index < -0.39 is 11.6 Å². The molecule has 0 aromatic heterocycles. The summed E-state index contributed by atoms with van der Waals surface area (Å²) in [7, 11) is 0. The summed E-state index contributed by atoms with van der Waals surface area (Å²) in [4.78, 5) is 0. The summed E-state index contributed by atoms with van der Waals surface area (Å²) < 4.78 is 27.4. The molecule has 1 N–H and O–H groups in total. The summed E-state index contributed by atoms with van der Waals surface area (Å²) in [5.74, 6) is -0.991. The molecule has 1 saturated carbocycles. The lowest BCUT2D eigenvalue weighted by atomic mass is 9.81. The molecule has 1 atom stereocenters. The molecule has 0 saturated heterocycles. The molecule has 1 unspecified atom stereocenters. The van der Waals surface area contributed by atoms with Gasteiger partial charge in [-0.15, -0.1) is 0 Å². The predicted molar refractivity (Wildman–Crippen MR) is 74.0 cm³/mol. The van der Waals surface area contributed by atoms with Gasteiger partial charge in [-0.25, -0.2) is 8.78 Å². The number of rotatable bonds is 5. The van der Waals surface area contributed by atoms with Crippen LogP contribution < -0.4 is 5.32 Å². The molecule has 0 aliphatic heterocycles. The first kappa shape index (κ1) is 14.4. The van der Waals surface area contributed by atoms with Gasteiger partial charge in [-0.2, -0.15) is 0 Å². The fraction of sp³-hybridized carbons (Fsp3) is 0.625. The van der Waals surface area contributed by atoms with E-state index in [1.54, 1.807) is 12.1 Å². The van der Waals surface area contributed by atoms with Crippen molar-refractivity contribution in [2.24, 2.45) is 5.92 Å². The van der Waals surface area contributed by atoms with Gasteiger partial charge in [0.25, 0.3) is 0 Å². The minimum absolute atomic E-state index is 0.0454. The lowest BCUT2D eigenvalue weighted by molar-refractivity contribution is 0.265. The minimum Gasteiger partial charge on any atom is -0.310 e. The molecular formula is C16H23F2N. The summed E-state index contributed by atoms with van der Waals surface area (Å²) in [5.41, 5.74) is 0.500. The monoisotopic (exact) mass is 267 g/mol. The Balaban J connectivity index is 2.22. The second-order valence-corrected chi connectivity index (χ2v) is 5.47. The van der Waals surface area contributed by atoms with E-state index in [9.17, 15) is 8.78 Å². The van der Waals surface area contributed by atoms with Crippen molar-refractivity contribution in [3.05, 3.63) is 35.4 Å². The lowest BCUT2D eigenvalue weighted by Crippen LogP contribution is -2.31. The van der Waals surface area contributed by atoms with Gasteiger partial charge in [-0.1, -0.05) is 38.3 Å². The van der Waals surface area contributed by atoms with Crippen LogP contribution in [0.25, 0.3) is 0 Å². The molecule has 3 heteroatoms. The summed E-state index contributed by atoms with van der Waals surface area (Å²) in [6.45, 7) is 2.93. The molecule has 1 aromatic carbocycles. The van der Waals surface area contributed by atoms with Crippen molar-refractivity contribution < 1.29 is 8.78 Å². The summed E-state index contributed by atoms with van der Waals surface area (Å²) in [6.07, 6.45) is 6.88. The van der Waals surface area contributed by atoms with Crippen LogP contribution in [0.3, 0.4) is 0 Å². The zero-order chi connectivity index (χ0) is 13.7. The topological polar surface area (TPSA) is 12.0 Å². The summed E-state index contributed by atoms with van der Waals surface area (Å²) in [6, 6.07) is 4.48. The number of nitrogens with one attached hydrogen (secondary N) is 1. The molecule has 2 rings (SSSR count). The predicted octanol–water partition coefficient (Wildman–Crippen LogP) is 4.59. The van der Waals surface area contributed by atoms with E-state index in [0.29, 0.717) is 11.5 Å². The molecule has 0 heterocycles. The highest BCUT2D eigenvalue weighted by Gasteiger charge is 2.27. The van der Waals surface area contributed by atoms with Gasteiger partial charge in [0.15, 0.2) is 11.6 Å². The van der Waals surface area contributed by atoms with Crippen molar-refractivity contribution in [3.63, 3.8) is 0 Å². The average molecular weight is 267 g/mol. The Morgan fingerprint density at radius 2 is 1.95 bits per heavy atom.